The molecule has 0 amide bonds. The third-order valence-electron chi connectivity index (χ3n) is 3.49. The van der Waals surface area contributed by atoms with Crippen LogP contribution in [0.2, 0.25) is 5.02 Å². The van der Waals surface area contributed by atoms with Gasteiger partial charge in [-0.2, -0.15) is 13.2 Å². The van der Waals surface area contributed by atoms with E-state index in [1.54, 1.807) is 12.1 Å². The van der Waals surface area contributed by atoms with Gasteiger partial charge in [-0.1, -0.05) is 29.8 Å². The third-order valence-corrected chi connectivity index (χ3v) is 3.77. The molecule has 8 heteroatoms. The number of hydrogen-bond donors (Lipinski definition) is 0. The minimum Gasteiger partial charge on any atom is -0.461 e. The van der Waals surface area contributed by atoms with Crippen LogP contribution in [0.15, 0.2) is 36.4 Å². The van der Waals surface area contributed by atoms with Gasteiger partial charge in [-0.05, 0) is 29.3 Å². The van der Waals surface area contributed by atoms with Crippen LogP contribution in [0.5, 0.6) is 11.5 Å². The van der Waals surface area contributed by atoms with Gasteiger partial charge < -0.3 is 14.2 Å². The summed E-state index contributed by atoms with van der Waals surface area (Å²) in [5.74, 6) is 0.241. The number of benzene rings is 2. The third kappa shape index (κ3) is 4.17. The largest absolute Gasteiger partial charge is 0.461 e. The number of alkyl halides is 3. The van der Waals surface area contributed by atoms with E-state index >= 15 is 0 Å². The zero-order chi connectivity index (χ0) is 18.0. The van der Waals surface area contributed by atoms with Gasteiger partial charge in [0.1, 0.15) is 6.61 Å². The van der Waals surface area contributed by atoms with E-state index in [1.807, 2.05) is 0 Å². The fourth-order valence-electron chi connectivity index (χ4n) is 2.34. The molecule has 2 aromatic rings. The summed E-state index contributed by atoms with van der Waals surface area (Å²) in [6.07, 6.45) is -4.72. The number of esters is 1. The molecule has 2 aromatic carbocycles. The number of hydrogen-bond acceptors (Lipinski definition) is 4. The molecule has 1 aliphatic rings. The normalized spacial score (nSPS) is 13.0. The smallest absolute Gasteiger partial charge is 0.416 e. The highest BCUT2D eigenvalue weighted by atomic mass is 35.5. The van der Waals surface area contributed by atoms with Crippen molar-refractivity contribution >= 4 is 17.6 Å². The fraction of sp³-hybridized carbons (Fsp3) is 0.235. The Labute approximate surface area is 146 Å². The molecule has 1 heterocycles. The second-order valence-corrected chi connectivity index (χ2v) is 5.75. The SMILES string of the molecule is O=C(Cc1cccc(C(F)(F)F)c1)OCc1cc(Cl)c2c(c1)OCO2. The van der Waals surface area contributed by atoms with E-state index in [0.29, 0.717) is 22.1 Å². The molecule has 0 fully saturated rings. The Morgan fingerprint density at radius 2 is 1.96 bits per heavy atom. The summed E-state index contributed by atoms with van der Waals surface area (Å²) in [6.45, 7) is -0.0119. The summed E-state index contributed by atoms with van der Waals surface area (Å²) in [5, 5.41) is 0.332. The van der Waals surface area contributed by atoms with Crippen molar-refractivity contribution in [3.63, 3.8) is 0 Å². The number of rotatable bonds is 4. The van der Waals surface area contributed by atoms with Gasteiger partial charge in [0.15, 0.2) is 11.5 Å². The molecule has 0 saturated carbocycles. The minimum atomic E-state index is -4.46. The van der Waals surface area contributed by atoms with Crippen LogP contribution in [0, 0.1) is 0 Å². The zero-order valence-electron chi connectivity index (χ0n) is 12.7. The van der Waals surface area contributed by atoms with Crippen LogP contribution in [0.3, 0.4) is 0 Å². The molecular weight excluding hydrogens is 361 g/mol. The molecule has 25 heavy (non-hydrogen) atoms. The number of halogens is 4. The van der Waals surface area contributed by atoms with Crippen LogP contribution in [0.25, 0.3) is 0 Å². The predicted molar refractivity (Wildman–Crippen MR) is 82.5 cm³/mol. The Balaban J connectivity index is 1.61. The monoisotopic (exact) mass is 372 g/mol. The Morgan fingerprint density at radius 1 is 1.16 bits per heavy atom. The highest BCUT2D eigenvalue weighted by Crippen LogP contribution is 2.40. The summed E-state index contributed by atoms with van der Waals surface area (Å²) in [7, 11) is 0. The van der Waals surface area contributed by atoms with Crippen LogP contribution < -0.4 is 9.47 Å². The van der Waals surface area contributed by atoms with E-state index in [9.17, 15) is 18.0 Å². The maximum atomic E-state index is 12.7. The topological polar surface area (TPSA) is 44.8 Å². The maximum absolute atomic E-state index is 12.7. The van der Waals surface area contributed by atoms with E-state index in [0.717, 1.165) is 12.1 Å². The van der Waals surface area contributed by atoms with E-state index in [-0.39, 0.29) is 25.4 Å². The molecule has 0 atom stereocenters. The van der Waals surface area contributed by atoms with E-state index in [4.69, 9.17) is 25.8 Å². The number of fused-ring (bicyclic) bond motifs is 1. The maximum Gasteiger partial charge on any atom is 0.416 e. The summed E-state index contributed by atoms with van der Waals surface area (Å²) in [5.41, 5.74) is 0.00976. The lowest BCUT2D eigenvalue weighted by molar-refractivity contribution is -0.144. The van der Waals surface area contributed by atoms with Gasteiger partial charge in [0.25, 0.3) is 0 Å². The van der Waals surface area contributed by atoms with Gasteiger partial charge in [0.2, 0.25) is 6.79 Å². The predicted octanol–water partition coefficient (Wildman–Crippen LogP) is 4.37. The molecule has 0 bridgehead atoms. The highest BCUT2D eigenvalue weighted by Gasteiger charge is 2.30. The van der Waals surface area contributed by atoms with Crippen molar-refractivity contribution in [2.75, 3.05) is 6.79 Å². The van der Waals surface area contributed by atoms with Crippen LogP contribution in [-0.2, 0) is 28.7 Å². The molecule has 0 aromatic heterocycles. The second-order valence-electron chi connectivity index (χ2n) is 5.35. The van der Waals surface area contributed by atoms with Crippen molar-refractivity contribution in [2.45, 2.75) is 19.2 Å². The first-order valence-electron chi connectivity index (χ1n) is 7.23. The summed E-state index contributed by atoms with van der Waals surface area (Å²) < 4.78 is 53.5. The van der Waals surface area contributed by atoms with Crippen LogP contribution >= 0.6 is 11.6 Å². The van der Waals surface area contributed by atoms with Gasteiger partial charge in [0.05, 0.1) is 17.0 Å². The van der Waals surface area contributed by atoms with Crippen molar-refractivity contribution in [2.24, 2.45) is 0 Å². The Hall–Kier alpha value is -2.41. The Bertz CT molecular complexity index is 805. The standard InChI is InChI=1S/C17H12ClF3O4/c18-13-5-11(6-14-16(13)25-9-24-14)8-23-15(22)7-10-2-1-3-12(4-10)17(19,20)21/h1-6H,7-9H2. The van der Waals surface area contributed by atoms with Gasteiger partial charge in [-0.3, -0.25) is 4.79 Å². The lowest BCUT2D eigenvalue weighted by Gasteiger charge is -2.09. The zero-order valence-corrected chi connectivity index (χ0v) is 13.5. The quantitative estimate of drug-likeness (QED) is 0.747. The van der Waals surface area contributed by atoms with Crippen molar-refractivity contribution in [3.8, 4) is 11.5 Å². The summed E-state index contributed by atoms with van der Waals surface area (Å²) in [6, 6.07) is 7.78. The first-order chi connectivity index (χ1) is 11.8. The fourth-order valence-corrected chi connectivity index (χ4v) is 2.63. The molecule has 3 rings (SSSR count). The number of carbonyl (C=O) groups is 1. The van der Waals surface area contributed by atoms with Crippen LogP contribution in [0.1, 0.15) is 16.7 Å². The number of carbonyl (C=O) groups excluding carboxylic acids is 1. The van der Waals surface area contributed by atoms with Crippen molar-refractivity contribution in [3.05, 3.63) is 58.1 Å². The molecule has 0 unspecified atom stereocenters. The molecule has 4 nitrogen and oxygen atoms in total. The van der Waals surface area contributed by atoms with E-state index < -0.39 is 17.7 Å². The van der Waals surface area contributed by atoms with Crippen molar-refractivity contribution in [1.82, 2.24) is 0 Å². The minimum absolute atomic E-state index is 0.0633. The average molecular weight is 373 g/mol. The molecular formula is C17H12ClF3O4. The lowest BCUT2D eigenvalue weighted by atomic mass is 10.1. The highest BCUT2D eigenvalue weighted by molar-refractivity contribution is 6.32. The molecule has 0 aliphatic carbocycles. The molecule has 0 N–H and O–H groups in total. The van der Waals surface area contributed by atoms with Gasteiger partial charge in [0, 0.05) is 0 Å². The molecule has 1 aliphatic heterocycles. The average Bonchev–Trinajstić information content (AvgIpc) is 3.01. The molecule has 132 valence electrons. The number of ether oxygens (including phenoxy) is 3. The van der Waals surface area contributed by atoms with Gasteiger partial charge >= 0.3 is 12.1 Å². The van der Waals surface area contributed by atoms with E-state index in [2.05, 4.69) is 0 Å². The Kier molecular flexibility index (Phi) is 4.76. The van der Waals surface area contributed by atoms with Crippen molar-refractivity contribution in [1.29, 1.82) is 0 Å². The van der Waals surface area contributed by atoms with Crippen molar-refractivity contribution < 1.29 is 32.2 Å². The second kappa shape index (κ2) is 6.84. The molecule has 0 spiro atoms. The summed E-state index contributed by atoms with van der Waals surface area (Å²) >= 11 is 6.03. The Morgan fingerprint density at radius 3 is 2.72 bits per heavy atom. The van der Waals surface area contributed by atoms with Crippen LogP contribution in [0.4, 0.5) is 13.2 Å². The van der Waals surface area contributed by atoms with Crippen LogP contribution in [-0.4, -0.2) is 12.8 Å². The first kappa shape index (κ1) is 17.4. The van der Waals surface area contributed by atoms with Gasteiger partial charge in [-0.25, -0.2) is 0 Å². The summed E-state index contributed by atoms with van der Waals surface area (Å²) in [4.78, 5) is 11.9. The molecule has 0 radical (unpaired) electrons. The van der Waals surface area contributed by atoms with Gasteiger partial charge in [-0.15, -0.1) is 0 Å². The first-order valence-corrected chi connectivity index (χ1v) is 7.60. The molecule has 0 saturated heterocycles. The van der Waals surface area contributed by atoms with E-state index in [1.165, 1.54) is 12.1 Å². The lowest BCUT2D eigenvalue weighted by Crippen LogP contribution is -2.10.